The van der Waals surface area contributed by atoms with Crippen molar-refractivity contribution >= 4 is 27.9 Å². The van der Waals surface area contributed by atoms with Crippen LogP contribution in [0.5, 0.6) is 0 Å². The summed E-state index contributed by atoms with van der Waals surface area (Å²) in [6, 6.07) is 9.65. The molecular formula is C24H38BNO4Si. The molecule has 0 aliphatic heterocycles. The van der Waals surface area contributed by atoms with E-state index in [0.29, 0.717) is 19.3 Å². The molecular weight excluding hydrogens is 405 g/mol. The van der Waals surface area contributed by atoms with Crippen molar-refractivity contribution in [3.63, 3.8) is 0 Å². The molecule has 1 amide bonds. The lowest BCUT2D eigenvalue weighted by Gasteiger charge is -2.43. The minimum atomic E-state index is -2.17. The first-order chi connectivity index (χ1) is 14.4. The Morgan fingerprint density at radius 2 is 1.81 bits per heavy atom. The Morgan fingerprint density at radius 1 is 1.19 bits per heavy atom. The second-order valence-electron chi connectivity index (χ2n) is 10.4. The molecule has 2 radical (unpaired) electrons. The zero-order chi connectivity index (χ0) is 23.2. The highest BCUT2D eigenvalue weighted by Gasteiger charge is 2.43. The zero-order valence-corrected chi connectivity index (χ0v) is 20.7. The van der Waals surface area contributed by atoms with Crippen LogP contribution in [-0.4, -0.2) is 45.2 Å². The molecule has 1 aromatic carbocycles. The summed E-state index contributed by atoms with van der Waals surface area (Å²) in [4.78, 5) is 23.8. The fourth-order valence-corrected chi connectivity index (χ4v) is 5.66. The number of carboxylic acid groups (broad SMARTS) is 1. The number of carbonyl (C=O) groups excluding carboxylic acids is 1. The van der Waals surface area contributed by atoms with Crippen LogP contribution in [0.4, 0.5) is 4.79 Å². The number of aliphatic carboxylic acids is 1. The lowest BCUT2D eigenvalue weighted by molar-refractivity contribution is -0.145. The minimum Gasteiger partial charge on any atom is -0.481 e. The Hall–Kier alpha value is -1.60. The molecule has 1 saturated carbocycles. The van der Waals surface area contributed by atoms with E-state index in [-0.39, 0.29) is 29.0 Å². The Bertz CT molecular complexity index is 735. The van der Waals surface area contributed by atoms with E-state index in [1.54, 1.807) is 0 Å². The predicted octanol–water partition coefficient (Wildman–Crippen LogP) is 5.15. The normalized spacial score (nSPS) is 21.8. The van der Waals surface area contributed by atoms with E-state index in [2.05, 4.69) is 39.2 Å². The second kappa shape index (κ2) is 10.8. The number of nitrogens with one attached hydrogen (secondary N) is 1. The first kappa shape index (κ1) is 25.7. The van der Waals surface area contributed by atoms with E-state index >= 15 is 0 Å². The zero-order valence-electron chi connectivity index (χ0n) is 19.7. The van der Waals surface area contributed by atoms with Crippen molar-refractivity contribution in [1.29, 1.82) is 0 Å². The molecule has 31 heavy (non-hydrogen) atoms. The summed E-state index contributed by atoms with van der Waals surface area (Å²) in [5.41, 5.74) is 1.09. The lowest BCUT2D eigenvalue weighted by Crippen LogP contribution is -2.53. The third-order valence-electron chi connectivity index (χ3n) is 7.09. The highest BCUT2D eigenvalue weighted by atomic mass is 28.4. The molecule has 1 aliphatic rings. The van der Waals surface area contributed by atoms with Crippen molar-refractivity contribution in [2.45, 2.75) is 89.6 Å². The van der Waals surface area contributed by atoms with Crippen LogP contribution in [0.2, 0.25) is 18.1 Å². The van der Waals surface area contributed by atoms with Crippen molar-refractivity contribution in [3.8, 4) is 0 Å². The van der Waals surface area contributed by atoms with E-state index in [0.717, 1.165) is 24.8 Å². The van der Waals surface area contributed by atoms with E-state index < -0.39 is 20.1 Å². The maximum atomic E-state index is 11.9. The lowest BCUT2D eigenvalue weighted by atomic mass is 9.75. The van der Waals surface area contributed by atoms with Gasteiger partial charge in [0.15, 0.2) is 14.1 Å². The fraction of sp³-hybridized carbons (Fsp3) is 0.667. The molecule has 1 aliphatic carbocycles. The Kier molecular flexibility index (Phi) is 8.95. The molecule has 0 bridgehead atoms. The maximum Gasteiger partial charge on any atom is 0.306 e. The fourth-order valence-electron chi connectivity index (χ4n) is 4.29. The van der Waals surface area contributed by atoms with Gasteiger partial charge in [-0.3, -0.25) is 9.59 Å². The van der Waals surface area contributed by atoms with Gasteiger partial charge in [0.05, 0.1) is 18.1 Å². The third kappa shape index (κ3) is 7.49. The Labute approximate surface area is 189 Å². The summed E-state index contributed by atoms with van der Waals surface area (Å²) in [6.45, 7) is 10.9. The van der Waals surface area contributed by atoms with Crippen LogP contribution in [0, 0.1) is 11.8 Å². The molecule has 2 N–H and O–H groups in total. The molecule has 4 atom stereocenters. The summed E-state index contributed by atoms with van der Waals surface area (Å²) in [6.07, 6.45) is 4.48. The van der Waals surface area contributed by atoms with Crippen LogP contribution in [0.1, 0.15) is 58.4 Å². The monoisotopic (exact) mass is 443 g/mol. The van der Waals surface area contributed by atoms with Crippen molar-refractivity contribution in [1.82, 2.24) is 5.32 Å². The quantitative estimate of drug-likeness (QED) is 0.518. The first-order valence-electron chi connectivity index (χ1n) is 11.4. The van der Waals surface area contributed by atoms with E-state index in [1.165, 1.54) is 0 Å². The van der Waals surface area contributed by atoms with Gasteiger partial charge < -0.3 is 14.8 Å². The van der Waals surface area contributed by atoms with Crippen LogP contribution in [0.3, 0.4) is 0 Å². The van der Waals surface area contributed by atoms with Crippen molar-refractivity contribution in [2.75, 3.05) is 0 Å². The molecule has 0 heterocycles. The van der Waals surface area contributed by atoms with Gasteiger partial charge in [-0.1, -0.05) is 63.9 Å². The van der Waals surface area contributed by atoms with Gasteiger partial charge in [0.25, 0.3) is 0 Å². The van der Waals surface area contributed by atoms with E-state index in [9.17, 15) is 14.7 Å². The molecule has 1 aromatic rings. The minimum absolute atomic E-state index is 0.00592. The number of carbonyl (C=O) groups is 2. The third-order valence-corrected chi connectivity index (χ3v) is 11.6. The van der Waals surface area contributed by atoms with Crippen LogP contribution in [-0.2, 0) is 15.6 Å². The van der Waals surface area contributed by atoms with E-state index in [1.807, 2.05) is 30.3 Å². The molecule has 170 valence electrons. The summed E-state index contributed by atoms with van der Waals surface area (Å²) in [5, 5.41) is 12.7. The standard InChI is InChI=1S/C24H38BNO4Si/c1-24(2,3)31(4,5)30-21(16-18-13-9-10-14-19(18)22(27)28)20(26-23(25)29)15-17-11-7-6-8-12-17/h6-8,11-12,18-21H,9-10,13-16H2,1-5H3,(H,26,29)(H,27,28)/t18?,19-,20?,21+/m0/s1. The maximum absolute atomic E-state index is 11.9. The van der Waals surface area contributed by atoms with Gasteiger partial charge in [0.1, 0.15) is 0 Å². The molecule has 0 aromatic heterocycles. The SMILES string of the molecule is [B]C(=O)NC(Cc1ccccc1)[C@@H](CC1CCCC[C@@H]1C(=O)O)O[Si](C)(C)C(C)(C)C. The number of hydrogen-bond donors (Lipinski definition) is 2. The number of hydrogen-bond acceptors (Lipinski definition) is 3. The van der Waals surface area contributed by atoms with E-state index in [4.69, 9.17) is 12.3 Å². The van der Waals surface area contributed by atoms with Gasteiger partial charge in [-0.15, -0.1) is 0 Å². The molecule has 0 spiro atoms. The topological polar surface area (TPSA) is 75.6 Å². The Balaban J connectivity index is 2.36. The Morgan fingerprint density at radius 3 is 2.35 bits per heavy atom. The van der Waals surface area contributed by atoms with Crippen LogP contribution in [0.15, 0.2) is 30.3 Å². The summed E-state index contributed by atoms with van der Waals surface area (Å²) in [7, 11) is 3.38. The van der Waals surface area contributed by atoms with Crippen LogP contribution < -0.4 is 5.32 Å². The van der Waals surface area contributed by atoms with Crippen molar-refractivity contribution in [3.05, 3.63) is 35.9 Å². The van der Waals surface area contributed by atoms with Gasteiger partial charge in [-0.25, -0.2) is 0 Å². The highest BCUT2D eigenvalue weighted by Crippen LogP contribution is 2.40. The van der Waals surface area contributed by atoms with Crippen LogP contribution >= 0.6 is 0 Å². The van der Waals surface area contributed by atoms with Gasteiger partial charge in [-0.05, 0) is 55.3 Å². The average Bonchev–Trinajstić information content (AvgIpc) is 2.66. The number of benzene rings is 1. The number of rotatable bonds is 9. The predicted molar refractivity (Wildman–Crippen MR) is 128 cm³/mol. The highest BCUT2D eigenvalue weighted by molar-refractivity contribution is 6.74. The smallest absolute Gasteiger partial charge is 0.306 e. The molecule has 7 heteroatoms. The second-order valence-corrected chi connectivity index (χ2v) is 15.2. The van der Waals surface area contributed by atoms with Crippen LogP contribution in [0.25, 0.3) is 0 Å². The summed E-state index contributed by atoms with van der Waals surface area (Å²) < 4.78 is 6.84. The molecule has 2 rings (SSSR count). The van der Waals surface area contributed by atoms with Gasteiger partial charge in [0.2, 0.25) is 7.85 Å². The number of carboxylic acids is 1. The van der Waals surface area contributed by atoms with Gasteiger partial charge in [0, 0.05) is 0 Å². The summed E-state index contributed by atoms with van der Waals surface area (Å²) in [5.74, 6) is -1.62. The molecule has 0 saturated heterocycles. The van der Waals surface area contributed by atoms with Crippen molar-refractivity contribution < 1.29 is 19.1 Å². The van der Waals surface area contributed by atoms with Gasteiger partial charge in [-0.2, -0.15) is 0 Å². The average molecular weight is 443 g/mol. The summed E-state index contributed by atoms with van der Waals surface area (Å²) >= 11 is 0. The van der Waals surface area contributed by atoms with Gasteiger partial charge >= 0.3 is 5.97 Å². The first-order valence-corrected chi connectivity index (χ1v) is 14.3. The largest absolute Gasteiger partial charge is 0.481 e. The molecule has 1 fully saturated rings. The molecule has 2 unspecified atom stereocenters. The van der Waals surface area contributed by atoms with Crippen molar-refractivity contribution in [2.24, 2.45) is 11.8 Å². The molecule has 5 nitrogen and oxygen atoms in total. The number of amides is 1.